The number of phenolic OH excluding ortho intramolecular Hbond substituents is 1. The third kappa shape index (κ3) is 2.92. The quantitative estimate of drug-likeness (QED) is 0.831. The number of Topliss-reactive ketones (excluding diaryl/α,β-unsaturated/α-hetero) is 1. The van der Waals surface area contributed by atoms with Crippen LogP contribution in [0.15, 0.2) is 16.6 Å². The number of H-pyrrole nitrogens is 1. The number of nitrogens with zero attached hydrogens (tertiary/aromatic N) is 3. The van der Waals surface area contributed by atoms with Gasteiger partial charge in [-0.05, 0) is 40.2 Å². The summed E-state index contributed by atoms with van der Waals surface area (Å²) in [5.74, 6) is 0.0477. The Bertz CT molecular complexity index is 540. The second kappa shape index (κ2) is 6.25. The van der Waals surface area contributed by atoms with Gasteiger partial charge in [0.1, 0.15) is 5.75 Å². The average Bonchev–Trinajstić information content (AvgIpc) is 2.88. The summed E-state index contributed by atoms with van der Waals surface area (Å²) in [5.41, 5.74) is 0.817. The first-order valence-corrected chi connectivity index (χ1v) is 6.16. The lowest BCUT2D eigenvalue weighted by Gasteiger charge is -2.05. The minimum atomic E-state index is -0.233. The lowest BCUT2D eigenvalue weighted by atomic mass is 10.1. The zero-order chi connectivity index (χ0) is 13.7. The molecule has 18 heavy (non-hydrogen) atoms. The largest absolute Gasteiger partial charge is 0.506 e. The van der Waals surface area contributed by atoms with Crippen LogP contribution in [0.4, 0.5) is 0 Å². The van der Waals surface area contributed by atoms with Crippen molar-refractivity contribution in [3.63, 3.8) is 0 Å². The van der Waals surface area contributed by atoms with Gasteiger partial charge in [-0.25, -0.2) is 0 Å². The standard InChI is InChI=1S/C9H7BrN4O2.C2H6/c1-4(15)6-2-5(3-7(10)8(6)16)9-11-13-14-12-9;1-2/h2-3,16H,1H3,(H,11,12,13,14);1-2H3. The third-order valence-corrected chi connectivity index (χ3v) is 2.65. The Morgan fingerprint density at radius 1 is 1.39 bits per heavy atom. The van der Waals surface area contributed by atoms with E-state index in [1.165, 1.54) is 13.0 Å². The summed E-state index contributed by atoms with van der Waals surface area (Å²) in [6.07, 6.45) is 0. The van der Waals surface area contributed by atoms with E-state index in [9.17, 15) is 9.90 Å². The van der Waals surface area contributed by atoms with Crippen LogP contribution in [0.5, 0.6) is 5.75 Å². The molecule has 0 bridgehead atoms. The molecule has 6 nitrogen and oxygen atoms in total. The summed E-state index contributed by atoms with van der Waals surface area (Å²) >= 11 is 3.16. The number of aromatic nitrogens is 4. The van der Waals surface area contributed by atoms with Crippen molar-refractivity contribution < 1.29 is 9.90 Å². The van der Waals surface area contributed by atoms with Crippen molar-refractivity contribution in [1.82, 2.24) is 20.6 Å². The third-order valence-electron chi connectivity index (χ3n) is 2.05. The lowest BCUT2D eigenvalue weighted by molar-refractivity contribution is 0.101. The molecule has 1 aromatic carbocycles. The number of tetrazole rings is 1. The van der Waals surface area contributed by atoms with Gasteiger partial charge in [0, 0.05) is 5.56 Å². The average molecular weight is 313 g/mol. The topological polar surface area (TPSA) is 91.8 Å². The summed E-state index contributed by atoms with van der Waals surface area (Å²) in [7, 11) is 0. The monoisotopic (exact) mass is 312 g/mol. The van der Waals surface area contributed by atoms with Crippen LogP contribution in [0.3, 0.4) is 0 Å². The van der Waals surface area contributed by atoms with Crippen LogP contribution in [0.2, 0.25) is 0 Å². The van der Waals surface area contributed by atoms with E-state index in [0.29, 0.717) is 15.9 Å². The Morgan fingerprint density at radius 3 is 2.56 bits per heavy atom. The van der Waals surface area contributed by atoms with E-state index >= 15 is 0 Å². The number of ketones is 1. The molecule has 0 aliphatic carbocycles. The second-order valence-corrected chi connectivity index (χ2v) is 4.00. The van der Waals surface area contributed by atoms with Crippen LogP contribution in [0.1, 0.15) is 31.1 Å². The highest BCUT2D eigenvalue weighted by Crippen LogP contribution is 2.32. The molecule has 0 radical (unpaired) electrons. The predicted octanol–water partition coefficient (Wildman–Crippen LogP) is 2.56. The van der Waals surface area contributed by atoms with E-state index in [1.54, 1.807) is 6.07 Å². The molecule has 96 valence electrons. The van der Waals surface area contributed by atoms with E-state index in [1.807, 2.05) is 13.8 Å². The molecular weight excluding hydrogens is 300 g/mol. The Hall–Kier alpha value is -1.76. The molecule has 7 heteroatoms. The second-order valence-electron chi connectivity index (χ2n) is 3.15. The van der Waals surface area contributed by atoms with Crippen molar-refractivity contribution >= 4 is 21.7 Å². The van der Waals surface area contributed by atoms with E-state index in [2.05, 4.69) is 36.6 Å². The van der Waals surface area contributed by atoms with E-state index in [4.69, 9.17) is 0 Å². The zero-order valence-corrected chi connectivity index (χ0v) is 11.8. The molecule has 0 unspecified atom stereocenters. The van der Waals surface area contributed by atoms with E-state index < -0.39 is 0 Å². The zero-order valence-electron chi connectivity index (χ0n) is 10.2. The molecule has 0 aliphatic rings. The summed E-state index contributed by atoms with van der Waals surface area (Å²) in [4.78, 5) is 11.3. The highest BCUT2D eigenvalue weighted by atomic mass is 79.9. The number of carbonyl (C=O) groups is 1. The van der Waals surface area contributed by atoms with Crippen LogP contribution in [0.25, 0.3) is 11.4 Å². The first-order chi connectivity index (χ1) is 8.59. The van der Waals surface area contributed by atoms with Gasteiger partial charge in [0.05, 0.1) is 10.0 Å². The molecule has 0 aliphatic heterocycles. The fourth-order valence-corrected chi connectivity index (χ4v) is 1.74. The van der Waals surface area contributed by atoms with Crippen molar-refractivity contribution in [1.29, 1.82) is 0 Å². The maximum atomic E-state index is 11.3. The molecule has 2 aromatic rings. The number of hydrogen-bond donors (Lipinski definition) is 2. The fourth-order valence-electron chi connectivity index (χ4n) is 1.28. The van der Waals surface area contributed by atoms with Gasteiger partial charge >= 0.3 is 0 Å². The molecule has 0 spiro atoms. The van der Waals surface area contributed by atoms with Crippen molar-refractivity contribution in [2.45, 2.75) is 20.8 Å². The highest BCUT2D eigenvalue weighted by molar-refractivity contribution is 9.10. The number of aromatic hydroxyl groups is 1. The van der Waals surface area contributed by atoms with Crippen LogP contribution >= 0.6 is 15.9 Å². The van der Waals surface area contributed by atoms with Crippen LogP contribution in [-0.4, -0.2) is 31.5 Å². The number of nitrogens with one attached hydrogen (secondary N) is 1. The fraction of sp³-hybridized carbons (Fsp3) is 0.273. The number of aromatic amines is 1. The molecule has 1 heterocycles. The van der Waals surface area contributed by atoms with E-state index in [0.717, 1.165) is 0 Å². The molecule has 0 fully saturated rings. The van der Waals surface area contributed by atoms with Gasteiger partial charge in [-0.3, -0.25) is 4.79 Å². The summed E-state index contributed by atoms with van der Waals surface area (Å²) < 4.78 is 0.417. The lowest BCUT2D eigenvalue weighted by Crippen LogP contribution is -1.95. The van der Waals surface area contributed by atoms with Gasteiger partial charge in [0.2, 0.25) is 5.82 Å². The first kappa shape index (κ1) is 14.3. The number of hydrogen-bond acceptors (Lipinski definition) is 5. The number of carbonyl (C=O) groups excluding carboxylic acids is 1. The Labute approximate surface area is 113 Å². The molecule has 0 saturated heterocycles. The molecule has 2 N–H and O–H groups in total. The molecule has 0 atom stereocenters. The highest BCUT2D eigenvalue weighted by Gasteiger charge is 2.14. The minimum Gasteiger partial charge on any atom is -0.506 e. The van der Waals surface area contributed by atoms with Crippen LogP contribution in [-0.2, 0) is 0 Å². The van der Waals surface area contributed by atoms with Gasteiger partial charge in [0.15, 0.2) is 5.78 Å². The maximum absolute atomic E-state index is 11.3. The summed E-state index contributed by atoms with van der Waals surface area (Å²) in [6, 6.07) is 3.14. The number of halogens is 1. The van der Waals surface area contributed by atoms with Gasteiger partial charge in [0.25, 0.3) is 0 Å². The number of phenols is 1. The Morgan fingerprint density at radius 2 is 2.06 bits per heavy atom. The Kier molecular flexibility index (Phi) is 4.96. The maximum Gasteiger partial charge on any atom is 0.204 e. The Balaban J connectivity index is 0.000000771. The van der Waals surface area contributed by atoms with Crippen molar-refractivity contribution in [3.05, 3.63) is 22.2 Å². The van der Waals surface area contributed by atoms with Gasteiger partial charge in [-0.15, -0.1) is 10.2 Å². The minimum absolute atomic E-state index is 0.0836. The van der Waals surface area contributed by atoms with Crippen molar-refractivity contribution in [2.75, 3.05) is 0 Å². The van der Waals surface area contributed by atoms with Gasteiger partial charge in [-0.1, -0.05) is 13.8 Å². The molecule has 0 saturated carbocycles. The normalized spacial score (nSPS) is 9.56. The number of benzene rings is 1. The molecule has 0 amide bonds. The first-order valence-electron chi connectivity index (χ1n) is 5.37. The molecular formula is C11H13BrN4O2. The van der Waals surface area contributed by atoms with E-state index in [-0.39, 0.29) is 17.1 Å². The number of rotatable bonds is 2. The SMILES string of the molecule is CC.CC(=O)c1cc(-c2nn[nH]n2)cc(Br)c1O. The van der Waals surface area contributed by atoms with Gasteiger partial charge < -0.3 is 5.11 Å². The van der Waals surface area contributed by atoms with Crippen molar-refractivity contribution in [3.8, 4) is 17.1 Å². The van der Waals surface area contributed by atoms with Gasteiger partial charge in [-0.2, -0.15) is 5.21 Å². The molecule has 2 rings (SSSR count). The summed E-state index contributed by atoms with van der Waals surface area (Å²) in [6.45, 7) is 5.38. The summed E-state index contributed by atoms with van der Waals surface area (Å²) in [5, 5.41) is 23.0. The smallest absolute Gasteiger partial charge is 0.204 e. The van der Waals surface area contributed by atoms with Crippen LogP contribution in [0, 0.1) is 0 Å². The predicted molar refractivity (Wildman–Crippen MR) is 70.3 cm³/mol. The molecule has 1 aromatic heterocycles. The van der Waals surface area contributed by atoms with Crippen molar-refractivity contribution in [2.24, 2.45) is 0 Å². The van der Waals surface area contributed by atoms with Crippen LogP contribution < -0.4 is 0 Å².